The summed E-state index contributed by atoms with van der Waals surface area (Å²) in [4.78, 5) is 13.7. The van der Waals surface area contributed by atoms with Crippen LogP contribution in [0.2, 0.25) is 10.0 Å². The topological polar surface area (TPSA) is 51.1 Å². The molecule has 0 bridgehead atoms. The Balaban J connectivity index is 1.40. The van der Waals surface area contributed by atoms with Crippen molar-refractivity contribution in [3.05, 3.63) is 68.4 Å². The van der Waals surface area contributed by atoms with E-state index in [9.17, 15) is 22.4 Å². The molecule has 35 heavy (non-hydrogen) atoms. The molecule has 3 aliphatic rings. The normalized spacial score (nSPS) is 22.8. The lowest BCUT2D eigenvalue weighted by molar-refractivity contribution is -0.171. The van der Waals surface area contributed by atoms with Gasteiger partial charge in [0, 0.05) is 13.5 Å². The number of nitrogens with zero attached hydrogens (tertiary/aromatic N) is 2. The van der Waals surface area contributed by atoms with Crippen molar-refractivity contribution in [2.75, 3.05) is 26.8 Å². The van der Waals surface area contributed by atoms with Gasteiger partial charge >= 0.3 is 6.18 Å². The summed E-state index contributed by atoms with van der Waals surface area (Å²) < 4.78 is 69.5. The number of hydrogen-bond donors (Lipinski definition) is 0. The maximum atomic E-state index is 14.4. The first-order chi connectivity index (χ1) is 16.5. The predicted molar refractivity (Wildman–Crippen MR) is 124 cm³/mol. The van der Waals surface area contributed by atoms with Gasteiger partial charge in [-0.25, -0.2) is 8.79 Å². The van der Waals surface area contributed by atoms with Gasteiger partial charge in [-0.1, -0.05) is 35.3 Å². The highest BCUT2D eigenvalue weighted by Gasteiger charge is 2.60. The van der Waals surface area contributed by atoms with Crippen molar-refractivity contribution >= 4 is 46.8 Å². The minimum absolute atomic E-state index is 0.00913. The van der Waals surface area contributed by atoms with E-state index >= 15 is 0 Å². The second-order valence-corrected chi connectivity index (χ2v) is 10.6. The summed E-state index contributed by atoms with van der Waals surface area (Å²) in [7, 11) is 1.45. The minimum atomic E-state index is -4.71. The molecular weight excluding hydrogens is 531 g/mol. The largest absolute Gasteiger partial charge is 0.409 e. The molecular formula is C23H18Cl2F4N2O3S. The third-order valence-corrected chi connectivity index (χ3v) is 8.37. The molecule has 0 radical (unpaired) electrons. The lowest BCUT2D eigenvalue weighted by Crippen LogP contribution is -2.61. The quantitative estimate of drug-likeness (QED) is 0.281. The Bertz CT molecular complexity index is 1230. The van der Waals surface area contributed by atoms with Crippen LogP contribution >= 0.6 is 35.1 Å². The van der Waals surface area contributed by atoms with E-state index < -0.39 is 38.8 Å². The smallest absolute Gasteiger partial charge is 0.375 e. The van der Waals surface area contributed by atoms with E-state index in [1.165, 1.54) is 7.11 Å². The fourth-order valence-corrected chi connectivity index (χ4v) is 6.15. The van der Waals surface area contributed by atoms with Crippen LogP contribution in [0.25, 0.3) is 0 Å². The van der Waals surface area contributed by atoms with Crippen LogP contribution in [0.1, 0.15) is 28.7 Å². The number of halogens is 6. The molecule has 1 spiro atoms. The summed E-state index contributed by atoms with van der Waals surface area (Å²) in [5, 5.41) is -0.965. The zero-order valence-corrected chi connectivity index (χ0v) is 20.5. The Morgan fingerprint density at radius 3 is 2.54 bits per heavy atom. The van der Waals surface area contributed by atoms with Crippen LogP contribution in [0.15, 0.2) is 34.7 Å². The lowest BCUT2D eigenvalue weighted by Gasteiger charge is -2.47. The van der Waals surface area contributed by atoms with Crippen LogP contribution in [0.3, 0.4) is 0 Å². The SMILES string of the molecule is COCC(=O)N1CC2(C1)OCc1cc(C3=NS[C@@](c4cc(Cl)c(F)c(Cl)c4)(C(F)(F)F)C3)ccc12. The van der Waals surface area contributed by atoms with Crippen molar-refractivity contribution in [3.63, 3.8) is 0 Å². The number of alkyl halides is 3. The molecule has 1 fully saturated rings. The summed E-state index contributed by atoms with van der Waals surface area (Å²) >= 11 is 12.0. The molecule has 0 aliphatic carbocycles. The number of rotatable bonds is 4. The molecule has 0 N–H and O–H groups in total. The number of hydrogen-bond acceptors (Lipinski definition) is 5. The molecule has 3 heterocycles. The van der Waals surface area contributed by atoms with E-state index in [4.69, 9.17) is 32.7 Å². The van der Waals surface area contributed by atoms with Crippen LogP contribution in [-0.4, -0.2) is 49.5 Å². The molecule has 2 aromatic carbocycles. The van der Waals surface area contributed by atoms with Crippen LogP contribution in [-0.2, 0) is 31.2 Å². The molecule has 5 rings (SSSR count). The fourth-order valence-electron chi connectivity index (χ4n) is 4.70. The highest BCUT2D eigenvalue weighted by atomic mass is 35.5. The molecule has 1 atom stereocenters. The molecule has 1 amide bonds. The monoisotopic (exact) mass is 548 g/mol. The Hall–Kier alpha value is -1.85. The molecule has 2 aromatic rings. The molecule has 0 unspecified atom stereocenters. The van der Waals surface area contributed by atoms with Crippen LogP contribution in [0.5, 0.6) is 0 Å². The van der Waals surface area contributed by atoms with Crippen LogP contribution < -0.4 is 0 Å². The summed E-state index contributed by atoms with van der Waals surface area (Å²) in [5.41, 5.74) is 1.66. The van der Waals surface area contributed by atoms with Gasteiger partial charge in [0.2, 0.25) is 5.91 Å². The van der Waals surface area contributed by atoms with E-state index in [1.807, 2.05) is 6.07 Å². The van der Waals surface area contributed by atoms with Crippen molar-refractivity contribution in [3.8, 4) is 0 Å². The number of benzene rings is 2. The molecule has 3 aliphatic heterocycles. The highest BCUT2D eigenvalue weighted by molar-refractivity contribution is 7.99. The molecule has 12 heteroatoms. The molecule has 5 nitrogen and oxygen atoms in total. The molecule has 0 saturated carbocycles. The zero-order valence-electron chi connectivity index (χ0n) is 18.2. The van der Waals surface area contributed by atoms with Crippen molar-refractivity contribution in [1.82, 2.24) is 4.90 Å². The summed E-state index contributed by atoms with van der Waals surface area (Å²) in [6.07, 6.45) is -5.18. The maximum Gasteiger partial charge on any atom is 0.409 e. The third-order valence-electron chi connectivity index (χ3n) is 6.58. The Labute approximate surface area is 212 Å². The average Bonchev–Trinajstić information content (AvgIpc) is 3.39. The highest BCUT2D eigenvalue weighted by Crippen LogP contribution is 2.57. The predicted octanol–water partition coefficient (Wildman–Crippen LogP) is 5.65. The number of carbonyl (C=O) groups excluding carboxylic acids is 1. The van der Waals surface area contributed by atoms with Crippen molar-refractivity contribution in [1.29, 1.82) is 0 Å². The van der Waals surface area contributed by atoms with Gasteiger partial charge in [-0.05, 0) is 52.4 Å². The van der Waals surface area contributed by atoms with Gasteiger partial charge in [0.25, 0.3) is 0 Å². The second-order valence-electron chi connectivity index (χ2n) is 8.72. The van der Waals surface area contributed by atoms with Crippen molar-refractivity contribution in [2.24, 2.45) is 4.40 Å². The average molecular weight is 549 g/mol. The van der Waals surface area contributed by atoms with Gasteiger partial charge in [-0.2, -0.15) is 13.2 Å². The second kappa shape index (κ2) is 8.62. The van der Waals surface area contributed by atoms with E-state index in [1.54, 1.807) is 17.0 Å². The first kappa shape index (κ1) is 24.8. The summed E-state index contributed by atoms with van der Waals surface area (Å²) in [5.74, 6) is -1.10. The van der Waals surface area contributed by atoms with Crippen molar-refractivity contribution in [2.45, 2.75) is 29.6 Å². The Morgan fingerprint density at radius 1 is 1.23 bits per heavy atom. The molecule has 0 aromatic heterocycles. The van der Waals surface area contributed by atoms with Gasteiger partial charge in [0.15, 0.2) is 10.6 Å². The Kier molecular flexibility index (Phi) is 6.12. The van der Waals surface area contributed by atoms with Gasteiger partial charge < -0.3 is 14.4 Å². The number of amides is 1. The zero-order chi connectivity index (χ0) is 25.2. The van der Waals surface area contributed by atoms with E-state index in [-0.39, 0.29) is 30.4 Å². The van der Waals surface area contributed by atoms with E-state index in [0.29, 0.717) is 30.6 Å². The van der Waals surface area contributed by atoms with E-state index in [2.05, 4.69) is 4.40 Å². The van der Waals surface area contributed by atoms with E-state index in [0.717, 1.165) is 23.3 Å². The number of carbonyl (C=O) groups is 1. The van der Waals surface area contributed by atoms with Crippen LogP contribution in [0.4, 0.5) is 17.6 Å². The lowest BCUT2D eigenvalue weighted by atomic mass is 9.83. The Morgan fingerprint density at radius 2 is 1.91 bits per heavy atom. The number of ether oxygens (including phenoxy) is 2. The standard InChI is InChI=1S/C23H18Cl2F4N2O3S/c1-33-9-19(32)31-10-21(11-31)15-3-2-12(4-13(15)8-34-21)18-7-22(35-30-18,23(27,28)29)14-5-16(24)20(26)17(25)6-14/h2-6H,7-11H2,1H3/t22-/m0/s1. The van der Waals surface area contributed by atoms with Crippen molar-refractivity contribution < 1.29 is 31.8 Å². The maximum absolute atomic E-state index is 14.4. The van der Waals surface area contributed by atoms with Crippen LogP contribution in [0, 0.1) is 5.82 Å². The summed E-state index contributed by atoms with van der Waals surface area (Å²) in [6.45, 7) is 1.05. The van der Waals surface area contributed by atoms with Gasteiger partial charge in [-0.15, -0.1) is 0 Å². The van der Waals surface area contributed by atoms with Gasteiger partial charge in [0.05, 0.1) is 35.5 Å². The number of fused-ring (bicyclic) bond motifs is 2. The first-order valence-electron chi connectivity index (χ1n) is 10.5. The fraction of sp³-hybridized carbons (Fsp3) is 0.391. The number of likely N-dealkylation sites (tertiary alicyclic amines) is 1. The first-order valence-corrected chi connectivity index (χ1v) is 12.0. The van der Waals surface area contributed by atoms with Gasteiger partial charge in [0.1, 0.15) is 12.2 Å². The molecule has 186 valence electrons. The molecule has 1 saturated heterocycles. The van der Waals surface area contributed by atoms with Gasteiger partial charge in [-0.3, -0.25) is 4.79 Å². The number of methoxy groups -OCH3 is 1. The minimum Gasteiger partial charge on any atom is -0.375 e. The summed E-state index contributed by atoms with van der Waals surface area (Å²) in [6, 6.07) is 7.22. The third kappa shape index (κ3) is 3.94.